The summed E-state index contributed by atoms with van der Waals surface area (Å²) in [5.41, 5.74) is 3.57. The highest BCUT2D eigenvalue weighted by Gasteiger charge is 2.21. The van der Waals surface area contributed by atoms with Crippen LogP contribution in [0.4, 0.5) is 0 Å². The molecule has 1 N–H and O–H groups in total. The summed E-state index contributed by atoms with van der Waals surface area (Å²) >= 11 is 0. The summed E-state index contributed by atoms with van der Waals surface area (Å²) in [5, 5.41) is 9.74. The normalized spacial score (nSPS) is 15.7. The Bertz CT molecular complexity index is 744. The van der Waals surface area contributed by atoms with Crippen LogP contribution >= 0.6 is 0 Å². The number of hydrogen-bond acceptors (Lipinski definition) is 3. The van der Waals surface area contributed by atoms with Crippen molar-refractivity contribution >= 4 is 11.9 Å². The molecule has 0 unspecified atom stereocenters. The molecule has 0 saturated carbocycles. The van der Waals surface area contributed by atoms with Gasteiger partial charge in [0.25, 0.3) is 0 Å². The molecule has 3 heteroatoms. The molecular weight excluding hydrogens is 276 g/mol. The Morgan fingerprint density at radius 3 is 2.82 bits per heavy atom. The summed E-state index contributed by atoms with van der Waals surface area (Å²) in [7, 11) is 0. The van der Waals surface area contributed by atoms with Gasteiger partial charge in [0.15, 0.2) is 17.3 Å². The highest BCUT2D eigenvalue weighted by atomic mass is 16.5. The first kappa shape index (κ1) is 14.4. The Balaban J connectivity index is 1.93. The van der Waals surface area contributed by atoms with E-state index in [2.05, 4.69) is 0 Å². The minimum atomic E-state index is 0.0906. The van der Waals surface area contributed by atoms with Crippen LogP contribution in [-0.2, 0) is 6.42 Å². The first-order chi connectivity index (χ1) is 10.7. The molecule has 0 spiro atoms. The Morgan fingerprint density at radius 2 is 2.00 bits per heavy atom. The van der Waals surface area contributed by atoms with E-state index < -0.39 is 0 Å². The number of carbonyl (C=O) groups excluding carboxylic acids is 1. The number of allylic oxidation sites excluding steroid dienone is 1. The van der Waals surface area contributed by atoms with E-state index in [9.17, 15) is 9.90 Å². The smallest absolute Gasteiger partial charge is 0.189 e. The minimum absolute atomic E-state index is 0.0906. The van der Waals surface area contributed by atoms with E-state index in [1.165, 1.54) is 0 Å². The van der Waals surface area contributed by atoms with Crippen molar-refractivity contribution in [1.29, 1.82) is 0 Å². The monoisotopic (exact) mass is 294 g/mol. The lowest BCUT2D eigenvalue weighted by Gasteiger charge is -2.17. The second-order valence-electron chi connectivity index (χ2n) is 5.32. The summed E-state index contributed by atoms with van der Waals surface area (Å²) in [5.74, 6) is 0.651. The molecule has 3 nitrogen and oxygen atoms in total. The third-order valence-electron chi connectivity index (χ3n) is 3.84. The molecule has 22 heavy (non-hydrogen) atoms. The van der Waals surface area contributed by atoms with Crippen LogP contribution in [0, 0.1) is 0 Å². The van der Waals surface area contributed by atoms with E-state index in [0.29, 0.717) is 12.4 Å². The van der Waals surface area contributed by atoms with Crippen LogP contribution in [0.1, 0.15) is 34.8 Å². The van der Waals surface area contributed by atoms with Crippen LogP contribution in [0.2, 0.25) is 0 Å². The number of ether oxygens (including phenoxy) is 1. The second kappa shape index (κ2) is 6.06. The fourth-order valence-corrected chi connectivity index (χ4v) is 2.75. The van der Waals surface area contributed by atoms with E-state index in [1.54, 1.807) is 18.2 Å². The van der Waals surface area contributed by atoms with Crippen molar-refractivity contribution in [2.24, 2.45) is 0 Å². The van der Waals surface area contributed by atoms with Crippen molar-refractivity contribution in [2.75, 3.05) is 6.61 Å². The molecule has 0 saturated heterocycles. The number of phenolic OH excluding ortho intramolecular Hbond substituents is 1. The number of rotatable bonds is 3. The van der Waals surface area contributed by atoms with Gasteiger partial charge in [0.2, 0.25) is 0 Å². The number of hydrogen-bond donors (Lipinski definition) is 1. The van der Waals surface area contributed by atoms with Crippen molar-refractivity contribution in [3.63, 3.8) is 0 Å². The fraction of sp³-hybridized carbons (Fsp3) is 0.211. The molecule has 0 heterocycles. The summed E-state index contributed by atoms with van der Waals surface area (Å²) in [6.45, 7) is 2.35. The van der Waals surface area contributed by atoms with Crippen molar-refractivity contribution < 1.29 is 14.6 Å². The van der Waals surface area contributed by atoms with Crippen molar-refractivity contribution in [3.8, 4) is 11.5 Å². The fourth-order valence-electron chi connectivity index (χ4n) is 2.75. The van der Waals surface area contributed by atoms with Gasteiger partial charge in [-0.3, -0.25) is 4.79 Å². The molecule has 0 fully saturated rings. The minimum Gasteiger partial charge on any atom is -0.504 e. The maximum Gasteiger partial charge on any atom is 0.189 e. The average Bonchev–Trinajstić information content (AvgIpc) is 2.54. The SMILES string of the molecule is CCOc1cc(C=C2CCc3ccccc3C2=O)ccc1O. The first-order valence-corrected chi connectivity index (χ1v) is 7.48. The lowest BCUT2D eigenvalue weighted by Crippen LogP contribution is -2.13. The molecule has 0 bridgehead atoms. The van der Waals surface area contributed by atoms with Gasteiger partial charge in [0, 0.05) is 11.1 Å². The number of ketones is 1. The van der Waals surface area contributed by atoms with Crippen LogP contribution in [0.3, 0.4) is 0 Å². The highest BCUT2D eigenvalue weighted by Crippen LogP contribution is 2.30. The van der Waals surface area contributed by atoms with E-state index >= 15 is 0 Å². The van der Waals surface area contributed by atoms with Gasteiger partial charge in [0.1, 0.15) is 0 Å². The van der Waals surface area contributed by atoms with Gasteiger partial charge >= 0.3 is 0 Å². The maximum absolute atomic E-state index is 12.5. The lowest BCUT2D eigenvalue weighted by molar-refractivity contribution is 0.102. The molecule has 0 aliphatic heterocycles. The van der Waals surface area contributed by atoms with Gasteiger partial charge in [-0.2, -0.15) is 0 Å². The predicted octanol–water partition coefficient (Wildman–Crippen LogP) is 4.00. The molecule has 1 aliphatic carbocycles. The van der Waals surface area contributed by atoms with Gasteiger partial charge in [-0.25, -0.2) is 0 Å². The van der Waals surface area contributed by atoms with Gasteiger partial charge in [0.05, 0.1) is 6.61 Å². The highest BCUT2D eigenvalue weighted by molar-refractivity contribution is 6.13. The van der Waals surface area contributed by atoms with E-state index in [1.807, 2.05) is 37.3 Å². The second-order valence-corrected chi connectivity index (χ2v) is 5.32. The summed E-state index contributed by atoms with van der Waals surface area (Å²) in [6, 6.07) is 12.9. The molecule has 0 radical (unpaired) electrons. The molecule has 112 valence electrons. The van der Waals surface area contributed by atoms with Crippen LogP contribution in [0.15, 0.2) is 48.0 Å². The van der Waals surface area contributed by atoms with E-state index in [4.69, 9.17) is 4.74 Å². The topological polar surface area (TPSA) is 46.5 Å². The molecule has 0 atom stereocenters. The summed E-state index contributed by atoms with van der Waals surface area (Å²) in [4.78, 5) is 12.5. The first-order valence-electron chi connectivity index (χ1n) is 7.48. The Kier molecular flexibility index (Phi) is 3.96. The number of carbonyl (C=O) groups is 1. The third-order valence-corrected chi connectivity index (χ3v) is 3.84. The zero-order valence-corrected chi connectivity index (χ0v) is 12.5. The van der Waals surface area contributed by atoms with E-state index in [0.717, 1.165) is 35.1 Å². The Morgan fingerprint density at radius 1 is 1.18 bits per heavy atom. The molecule has 0 aromatic heterocycles. The number of Topliss-reactive ketones (excluding diaryl/α,β-unsaturated/α-hetero) is 1. The zero-order chi connectivity index (χ0) is 15.5. The van der Waals surface area contributed by atoms with E-state index in [-0.39, 0.29) is 11.5 Å². The summed E-state index contributed by atoms with van der Waals surface area (Å²) < 4.78 is 5.39. The molecular formula is C19H18O3. The number of phenols is 1. The van der Waals surface area contributed by atoms with Crippen molar-refractivity contribution in [3.05, 3.63) is 64.7 Å². The van der Waals surface area contributed by atoms with Crippen molar-refractivity contribution in [2.45, 2.75) is 19.8 Å². The van der Waals surface area contributed by atoms with Crippen molar-refractivity contribution in [1.82, 2.24) is 0 Å². The number of fused-ring (bicyclic) bond motifs is 1. The Hall–Kier alpha value is -2.55. The third kappa shape index (κ3) is 2.75. The van der Waals surface area contributed by atoms with Gasteiger partial charge in [-0.15, -0.1) is 0 Å². The quantitative estimate of drug-likeness (QED) is 0.870. The summed E-state index contributed by atoms with van der Waals surface area (Å²) in [6.07, 6.45) is 3.51. The van der Waals surface area contributed by atoms with Crippen LogP contribution in [0.5, 0.6) is 11.5 Å². The Labute approximate surface area is 129 Å². The van der Waals surface area contributed by atoms with Gasteiger partial charge in [-0.05, 0) is 49.1 Å². The molecule has 1 aliphatic rings. The zero-order valence-electron chi connectivity index (χ0n) is 12.5. The number of benzene rings is 2. The average molecular weight is 294 g/mol. The lowest BCUT2D eigenvalue weighted by atomic mass is 9.86. The predicted molar refractivity (Wildman–Crippen MR) is 86.3 cm³/mol. The molecule has 2 aromatic rings. The van der Waals surface area contributed by atoms with Crippen LogP contribution in [0.25, 0.3) is 6.08 Å². The number of aromatic hydroxyl groups is 1. The van der Waals surface area contributed by atoms with Crippen LogP contribution in [-0.4, -0.2) is 17.5 Å². The van der Waals surface area contributed by atoms with Crippen LogP contribution < -0.4 is 4.74 Å². The maximum atomic E-state index is 12.5. The standard InChI is InChI=1S/C19H18O3/c1-2-22-18-12-13(7-10-17(18)20)11-15-9-8-14-5-3-4-6-16(14)19(15)21/h3-7,10-12,20H,2,8-9H2,1H3. The van der Waals surface area contributed by atoms with Gasteiger partial charge < -0.3 is 9.84 Å². The van der Waals surface area contributed by atoms with Gasteiger partial charge in [-0.1, -0.05) is 30.3 Å². The molecule has 3 rings (SSSR count). The molecule has 2 aromatic carbocycles. The largest absolute Gasteiger partial charge is 0.504 e. The molecule has 0 amide bonds. The number of aryl methyl sites for hydroxylation is 1.